The topological polar surface area (TPSA) is 50.7 Å². The molecule has 0 radical (unpaired) electrons. The Bertz CT molecular complexity index is 372. The van der Waals surface area contributed by atoms with E-state index in [-0.39, 0.29) is 31.4 Å². The van der Waals surface area contributed by atoms with E-state index < -0.39 is 0 Å². The number of ether oxygens (including phenoxy) is 2. The molecule has 108 valence electrons. The fourth-order valence-corrected chi connectivity index (χ4v) is 1.47. The van der Waals surface area contributed by atoms with E-state index in [0.29, 0.717) is 19.2 Å². The van der Waals surface area contributed by atoms with Crippen LogP contribution in [0.3, 0.4) is 0 Å². The molecule has 0 saturated heterocycles. The Hall–Kier alpha value is -1.17. The number of hydrogen-bond acceptors (Lipinski definition) is 4. The van der Waals surface area contributed by atoms with Crippen LogP contribution in [0.2, 0.25) is 0 Å². The zero-order chi connectivity index (χ0) is 14.1. The van der Waals surface area contributed by atoms with Crippen LogP contribution in [0.15, 0.2) is 18.2 Å². The largest absolute Gasteiger partial charge is 0.488 e. The Morgan fingerprint density at radius 1 is 1.26 bits per heavy atom. The van der Waals surface area contributed by atoms with Gasteiger partial charge in [-0.25, -0.2) is 4.39 Å². The van der Waals surface area contributed by atoms with Gasteiger partial charge in [0.05, 0.1) is 19.8 Å². The molecular weight excluding hydrogens is 249 g/mol. The van der Waals surface area contributed by atoms with Gasteiger partial charge >= 0.3 is 0 Å². The molecule has 0 bridgehead atoms. The van der Waals surface area contributed by atoms with E-state index in [2.05, 4.69) is 5.32 Å². The van der Waals surface area contributed by atoms with Gasteiger partial charge in [0.15, 0.2) is 11.6 Å². The normalized spacial score (nSPS) is 11.0. The van der Waals surface area contributed by atoms with Gasteiger partial charge in [0.25, 0.3) is 0 Å². The van der Waals surface area contributed by atoms with Crippen LogP contribution < -0.4 is 10.1 Å². The van der Waals surface area contributed by atoms with Crippen molar-refractivity contribution in [2.45, 2.75) is 26.4 Å². The lowest BCUT2D eigenvalue weighted by Crippen LogP contribution is -2.21. The lowest BCUT2D eigenvalue weighted by Gasteiger charge is -2.11. The van der Waals surface area contributed by atoms with Crippen molar-refractivity contribution >= 4 is 0 Å². The number of aliphatic hydroxyl groups excluding tert-OH is 1. The number of hydrogen-bond donors (Lipinski definition) is 2. The van der Waals surface area contributed by atoms with E-state index in [4.69, 9.17) is 14.6 Å². The van der Waals surface area contributed by atoms with Crippen LogP contribution in [-0.4, -0.2) is 37.6 Å². The number of aliphatic hydroxyl groups is 1. The molecular formula is C14H22FNO3. The molecule has 0 saturated carbocycles. The maximum atomic E-state index is 13.7. The first-order chi connectivity index (χ1) is 9.13. The van der Waals surface area contributed by atoms with Gasteiger partial charge < -0.3 is 19.9 Å². The number of benzene rings is 1. The third kappa shape index (κ3) is 6.52. The minimum Gasteiger partial charge on any atom is -0.488 e. The zero-order valence-corrected chi connectivity index (χ0v) is 11.5. The maximum Gasteiger partial charge on any atom is 0.165 e. The van der Waals surface area contributed by atoms with Crippen LogP contribution in [0.25, 0.3) is 0 Å². The van der Waals surface area contributed by atoms with Gasteiger partial charge in [-0.1, -0.05) is 19.9 Å². The van der Waals surface area contributed by atoms with Crippen LogP contribution in [0, 0.1) is 5.82 Å². The van der Waals surface area contributed by atoms with Crippen molar-refractivity contribution in [3.63, 3.8) is 0 Å². The Balaban J connectivity index is 2.39. The standard InChI is InChI=1S/C14H22FNO3/c1-11(2)16-10-12-3-4-14(13(15)9-12)19-8-7-18-6-5-17/h3-4,9,11,16-17H,5-8,10H2,1-2H3. The summed E-state index contributed by atoms with van der Waals surface area (Å²) in [6.45, 7) is 5.56. The molecule has 1 aromatic carbocycles. The molecule has 0 fully saturated rings. The van der Waals surface area contributed by atoms with Crippen molar-refractivity contribution in [1.29, 1.82) is 0 Å². The summed E-state index contributed by atoms with van der Waals surface area (Å²) in [4.78, 5) is 0. The van der Waals surface area contributed by atoms with Crippen molar-refractivity contribution in [3.05, 3.63) is 29.6 Å². The van der Waals surface area contributed by atoms with Gasteiger partial charge in [0.2, 0.25) is 0 Å². The van der Waals surface area contributed by atoms with Gasteiger partial charge in [-0.2, -0.15) is 0 Å². The zero-order valence-electron chi connectivity index (χ0n) is 11.5. The summed E-state index contributed by atoms with van der Waals surface area (Å²) >= 11 is 0. The number of rotatable bonds is 9. The first kappa shape index (κ1) is 15.9. The Labute approximate surface area is 113 Å². The highest BCUT2D eigenvalue weighted by Crippen LogP contribution is 2.18. The second kappa shape index (κ2) is 8.85. The molecule has 0 amide bonds. The van der Waals surface area contributed by atoms with Crippen LogP contribution >= 0.6 is 0 Å². The first-order valence-electron chi connectivity index (χ1n) is 6.46. The molecule has 5 heteroatoms. The molecule has 0 heterocycles. The van der Waals surface area contributed by atoms with Crippen LogP contribution in [0.5, 0.6) is 5.75 Å². The van der Waals surface area contributed by atoms with Crippen LogP contribution in [-0.2, 0) is 11.3 Å². The number of nitrogens with one attached hydrogen (secondary N) is 1. The third-order valence-corrected chi connectivity index (χ3v) is 2.43. The van der Waals surface area contributed by atoms with Gasteiger partial charge in [-0.05, 0) is 17.7 Å². The summed E-state index contributed by atoms with van der Waals surface area (Å²) in [6.07, 6.45) is 0. The molecule has 2 N–H and O–H groups in total. The predicted octanol–water partition coefficient (Wildman–Crippen LogP) is 1.71. The molecule has 0 aromatic heterocycles. The quantitative estimate of drug-likeness (QED) is 0.671. The Kier molecular flexibility index (Phi) is 7.40. The van der Waals surface area contributed by atoms with E-state index in [9.17, 15) is 4.39 Å². The van der Waals surface area contributed by atoms with Gasteiger partial charge in [-0.3, -0.25) is 0 Å². The lowest BCUT2D eigenvalue weighted by atomic mass is 10.2. The average molecular weight is 271 g/mol. The molecule has 4 nitrogen and oxygen atoms in total. The summed E-state index contributed by atoms with van der Waals surface area (Å²) in [5.74, 6) is -0.147. The van der Waals surface area contributed by atoms with Crippen molar-refractivity contribution < 1.29 is 19.0 Å². The predicted molar refractivity (Wildman–Crippen MR) is 71.8 cm³/mol. The van der Waals surface area contributed by atoms with E-state index in [1.54, 1.807) is 6.07 Å². The van der Waals surface area contributed by atoms with E-state index in [1.807, 2.05) is 19.9 Å². The summed E-state index contributed by atoms with van der Waals surface area (Å²) in [6, 6.07) is 5.29. The maximum absolute atomic E-state index is 13.7. The average Bonchev–Trinajstić information content (AvgIpc) is 2.38. The van der Waals surface area contributed by atoms with Crippen LogP contribution in [0.4, 0.5) is 4.39 Å². The smallest absolute Gasteiger partial charge is 0.165 e. The Morgan fingerprint density at radius 3 is 2.68 bits per heavy atom. The molecule has 19 heavy (non-hydrogen) atoms. The van der Waals surface area contributed by atoms with E-state index in [0.717, 1.165) is 5.56 Å². The van der Waals surface area contributed by atoms with E-state index >= 15 is 0 Å². The molecule has 1 rings (SSSR count). The molecule has 0 aliphatic carbocycles. The fraction of sp³-hybridized carbons (Fsp3) is 0.571. The van der Waals surface area contributed by atoms with E-state index in [1.165, 1.54) is 6.07 Å². The molecule has 0 spiro atoms. The third-order valence-electron chi connectivity index (χ3n) is 2.43. The summed E-state index contributed by atoms with van der Waals surface area (Å²) in [5.41, 5.74) is 0.884. The summed E-state index contributed by atoms with van der Waals surface area (Å²) < 4.78 is 24.0. The van der Waals surface area contributed by atoms with Gasteiger partial charge in [-0.15, -0.1) is 0 Å². The molecule has 0 atom stereocenters. The minimum absolute atomic E-state index is 0.0219. The van der Waals surface area contributed by atoms with Gasteiger partial charge in [0, 0.05) is 12.6 Å². The highest BCUT2D eigenvalue weighted by molar-refractivity contribution is 5.29. The van der Waals surface area contributed by atoms with Crippen molar-refractivity contribution in [1.82, 2.24) is 5.32 Å². The summed E-state index contributed by atoms with van der Waals surface area (Å²) in [5, 5.41) is 11.7. The summed E-state index contributed by atoms with van der Waals surface area (Å²) in [7, 11) is 0. The van der Waals surface area contributed by atoms with Crippen LogP contribution in [0.1, 0.15) is 19.4 Å². The highest BCUT2D eigenvalue weighted by atomic mass is 19.1. The second-order valence-electron chi connectivity index (χ2n) is 4.48. The SMILES string of the molecule is CC(C)NCc1ccc(OCCOCCO)c(F)c1. The molecule has 0 aliphatic rings. The van der Waals surface area contributed by atoms with Gasteiger partial charge in [0.1, 0.15) is 6.61 Å². The monoisotopic (exact) mass is 271 g/mol. The van der Waals surface area contributed by atoms with Crippen molar-refractivity contribution in [2.24, 2.45) is 0 Å². The van der Waals surface area contributed by atoms with Crippen molar-refractivity contribution in [2.75, 3.05) is 26.4 Å². The highest BCUT2D eigenvalue weighted by Gasteiger charge is 2.05. The minimum atomic E-state index is -0.370. The second-order valence-corrected chi connectivity index (χ2v) is 4.48. The molecule has 0 aliphatic heterocycles. The lowest BCUT2D eigenvalue weighted by molar-refractivity contribution is 0.0696. The van der Waals surface area contributed by atoms with Crippen molar-refractivity contribution in [3.8, 4) is 5.75 Å². The molecule has 1 aromatic rings. The molecule has 0 unspecified atom stereocenters. The first-order valence-corrected chi connectivity index (χ1v) is 6.46. The fourth-order valence-electron chi connectivity index (χ4n) is 1.47. The Morgan fingerprint density at radius 2 is 2.05 bits per heavy atom. The number of halogens is 1.